The van der Waals surface area contributed by atoms with E-state index in [0.29, 0.717) is 17.1 Å². The smallest absolute Gasteiger partial charge is 0.240 e. The van der Waals surface area contributed by atoms with E-state index in [1.807, 2.05) is 31.2 Å². The second-order valence-electron chi connectivity index (χ2n) is 7.03. The van der Waals surface area contributed by atoms with Gasteiger partial charge in [-0.1, -0.05) is 31.2 Å². The Morgan fingerprint density at radius 1 is 1.00 bits per heavy atom. The number of aryl methyl sites for hydroxylation is 1. The van der Waals surface area contributed by atoms with Crippen LogP contribution in [0, 0.1) is 5.82 Å². The Morgan fingerprint density at radius 3 is 2.32 bits per heavy atom. The lowest BCUT2D eigenvalue weighted by Gasteiger charge is -2.36. The van der Waals surface area contributed by atoms with Crippen molar-refractivity contribution >= 4 is 15.7 Å². The topological polar surface area (TPSA) is 52.7 Å². The van der Waals surface area contributed by atoms with E-state index in [2.05, 4.69) is 14.5 Å². The Kier molecular flexibility index (Phi) is 7.04. The summed E-state index contributed by atoms with van der Waals surface area (Å²) in [5.74, 6) is -0.183. The van der Waals surface area contributed by atoms with Gasteiger partial charge in [-0.05, 0) is 49.2 Å². The predicted molar refractivity (Wildman–Crippen MR) is 111 cm³/mol. The van der Waals surface area contributed by atoms with Crippen LogP contribution in [-0.4, -0.2) is 52.6 Å². The van der Waals surface area contributed by atoms with E-state index in [-0.39, 0.29) is 5.82 Å². The zero-order chi connectivity index (χ0) is 20.0. The second kappa shape index (κ2) is 9.49. The van der Waals surface area contributed by atoms with Gasteiger partial charge in [0.2, 0.25) is 10.0 Å². The van der Waals surface area contributed by atoms with Crippen molar-refractivity contribution in [3.05, 3.63) is 59.9 Å². The Bertz CT molecular complexity index is 863. The fraction of sp³-hybridized carbons (Fsp3) is 0.429. The van der Waals surface area contributed by atoms with Crippen molar-refractivity contribution in [2.24, 2.45) is 0 Å². The molecule has 152 valence electrons. The molecule has 1 aliphatic rings. The monoisotopic (exact) mass is 405 g/mol. The molecule has 0 aromatic heterocycles. The average Bonchev–Trinajstić information content (AvgIpc) is 2.72. The molecule has 0 radical (unpaired) electrons. The van der Waals surface area contributed by atoms with Gasteiger partial charge in [-0.3, -0.25) is 4.90 Å². The zero-order valence-corrected chi connectivity index (χ0v) is 17.1. The summed E-state index contributed by atoms with van der Waals surface area (Å²) in [6.07, 6.45) is 1.63. The van der Waals surface area contributed by atoms with Gasteiger partial charge in [0, 0.05) is 32.7 Å². The van der Waals surface area contributed by atoms with Gasteiger partial charge in [0.25, 0.3) is 0 Å². The largest absolute Gasteiger partial charge is 0.367 e. The molecule has 1 N–H and O–H groups in total. The Labute approximate surface area is 167 Å². The van der Waals surface area contributed by atoms with Crippen LogP contribution in [0.25, 0.3) is 0 Å². The normalized spacial score (nSPS) is 15.7. The van der Waals surface area contributed by atoms with Crippen molar-refractivity contribution in [2.45, 2.75) is 24.7 Å². The van der Waals surface area contributed by atoms with Gasteiger partial charge in [0.05, 0.1) is 10.6 Å². The van der Waals surface area contributed by atoms with Crippen LogP contribution in [0.15, 0.2) is 53.4 Å². The van der Waals surface area contributed by atoms with E-state index in [1.54, 1.807) is 18.2 Å². The summed E-state index contributed by atoms with van der Waals surface area (Å²) in [4.78, 5) is 4.67. The molecule has 0 atom stereocenters. The van der Waals surface area contributed by atoms with Gasteiger partial charge in [0.1, 0.15) is 5.82 Å². The number of anilines is 1. The third-order valence-electron chi connectivity index (χ3n) is 5.15. The molecule has 0 amide bonds. The maximum atomic E-state index is 13.9. The summed E-state index contributed by atoms with van der Waals surface area (Å²) < 4.78 is 41.3. The minimum absolute atomic E-state index is 0.183. The molecule has 1 fully saturated rings. The Balaban J connectivity index is 1.40. The molecule has 0 spiro atoms. The summed E-state index contributed by atoms with van der Waals surface area (Å²) >= 11 is 0. The summed E-state index contributed by atoms with van der Waals surface area (Å²) in [7, 11) is -3.46. The molecule has 5 nitrogen and oxygen atoms in total. The van der Waals surface area contributed by atoms with Crippen LogP contribution in [0.5, 0.6) is 0 Å². The van der Waals surface area contributed by atoms with Gasteiger partial charge < -0.3 is 4.90 Å². The van der Waals surface area contributed by atoms with E-state index in [1.165, 1.54) is 6.07 Å². The van der Waals surface area contributed by atoms with E-state index >= 15 is 0 Å². The molecule has 0 aliphatic carbocycles. The maximum absolute atomic E-state index is 13.9. The Hall–Kier alpha value is -1.96. The lowest BCUT2D eigenvalue weighted by atomic mass is 10.2. The number of nitrogens with one attached hydrogen (secondary N) is 1. The highest BCUT2D eigenvalue weighted by Crippen LogP contribution is 2.20. The van der Waals surface area contributed by atoms with Crippen LogP contribution in [-0.2, 0) is 16.4 Å². The Morgan fingerprint density at radius 2 is 1.68 bits per heavy atom. The highest BCUT2D eigenvalue weighted by Gasteiger charge is 2.19. The number of sulfonamides is 1. The van der Waals surface area contributed by atoms with E-state index in [4.69, 9.17) is 0 Å². The van der Waals surface area contributed by atoms with Crippen molar-refractivity contribution < 1.29 is 12.8 Å². The number of piperazine rings is 1. The molecule has 1 heterocycles. The van der Waals surface area contributed by atoms with Crippen LogP contribution in [0.3, 0.4) is 0 Å². The minimum atomic E-state index is -3.46. The van der Waals surface area contributed by atoms with Crippen LogP contribution in [0.2, 0.25) is 0 Å². The molecule has 0 bridgehead atoms. The summed E-state index contributed by atoms with van der Waals surface area (Å²) in [6.45, 7) is 6.51. The number of halogens is 1. The molecule has 0 unspecified atom stereocenters. The van der Waals surface area contributed by atoms with Gasteiger partial charge in [-0.15, -0.1) is 0 Å². The molecule has 28 heavy (non-hydrogen) atoms. The third-order valence-corrected chi connectivity index (χ3v) is 6.63. The van der Waals surface area contributed by atoms with Crippen molar-refractivity contribution in [2.75, 3.05) is 44.2 Å². The predicted octanol–water partition coefficient (Wildman–Crippen LogP) is 2.88. The molecule has 1 saturated heterocycles. The lowest BCUT2D eigenvalue weighted by molar-refractivity contribution is 0.255. The molecular formula is C21H28FN3O2S. The van der Waals surface area contributed by atoms with Crippen molar-refractivity contribution in [3.63, 3.8) is 0 Å². The maximum Gasteiger partial charge on any atom is 0.240 e. The number of hydrogen-bond donors (Lipinski definition) is 1. The molecule has 0 saturated carbocycles. The highest BCUT2D eigenvalue weighted by atomic mass is 32.2. The summed E-state index contributed by atoms with van der Waals surface area (Å²) in [5, 5.41) is 0. The van der Waals surface area contributed by atoms with Gasteiger partial charge in [-0.2, -0.15) is 0 Å². The van der Waals surface area contributed by atoms with Gasteiger partial charge in [0.15, 0.2) is 0 Å². The van der Waals surface area contributed by atoms with E-state index < -0.39 is 10.0 Å². The highest BCUT2D eigenvalue weighted by molar-refractivity contribution is 7.89. The molecule has 7 heteroatoms. The molecule has 2 aromatic rings. The number of rotatable bonds is 8. The van der Waals surface area contributed by atoms with Crippen molar-refractivity contribution in [1.82, 2.24) is 9.62 Å². The SMILES string of the molecule is CCc1ccc(S(=O)(=O)NCCCN2CCN(c3ccccc3F)CC2)cc1. The first-order chi connectivity index (χ1) is 13.5. The molecule has 3 rings (SSSR count). The van der Waals surface area contributed by atoms with Crippen LogP contribution >= 0.6 is 0 Å². The quantitative estimate of drug-likeness (QED) is 0.686. The first-order valence-electron chi connectivity index (χ1n) is 9.80. The fourth-order valence-electron chi connectivity index (χ4n) is 3.42. The summed E-state index contributed by atoms with van der Waals surface area (Å²) in [6, 6.07) is 13.9. The van der Waals surface area contributed by atoms with Crippen LogP contribution in [0.4, 0.5) is 10.1 Å². The van der Waals surface area contributed by atoms with E-state index in [9.17, 15) is 12.8 Å². The molecular weight excluding hydrogens is 377 g/mol. The zero-order valence-electron chi connectivity index (χ0n) is 16.3. The first-order valence-corrected chi connectivity index (χ1v) is 11.3. The summed E-state index contributed by atoms with van der Waals surface area (Å²) in [5.41, 5.74) is 1.78. The lowest BCUT2D eigenvalue weighted by Crippen LogP contribution is -2.47. The standard InChI is InChI=1S/C21H28FN3O2S/c1-2-18-8-10-19(11-9-18)28(26,27)23-12-5-13-24-14-16-25(17-15-24)21-7-4-3-6-20(21)22/h3-4,6-11,23H,2,5,12-17H2,1H3. The van der Waals surface area contributed by atoms with E-state index in [0.717, 1.165) is 51.1 Å². The average molecular weight is 406 g/mol. The van der Waals surface area contributed by atoms with Gasteiger partial charge >= 0.3 is 0 Å². The van der Waals surface area contributed by atoms with Crippen molar-refractivity contribution in [3.8, 4) is 0 Å². The second-order valence-corrected chi connectivity index (χ2v) is 8.80. The first kappa shape index (κ1) is 20.8. The van der Waals surface area contributed by atoms with Gasteiger partial charge in [-0.25, -0.2) is 17.5 Å². The van der Waals surface area contributed by atoms with Crippen LogP contribution in [0.1, 0.15) is 18.9 Å². The molecule has 1 aliphatic heterocycles. The number of benzene rings is 2. The third kappa shape index (κ3) is 5.31. The number of nitrogens with zero attached hydrogens (tertiary/aromatic N) is 2. The minimum Gasteiger partial charge on any atom is -0.367 e. The fourth-order valence-corrected chi connectivity index (χ4v) is 4.49. The number of hydrogen-bond acceptors (Lipinski definition) is 4. The number of para-hydroxylation sites is 1. The molecule has 2 aromatic carbocycles. The van der Waals surface area contributed by atoms with Crippen LogP contribution < -0.4 is 9.62 Å². The van der Waals surface area contributed by atoms with Crippen molar-refractivity contribution in [1.29, 1.82) is 0 Å².